The zero-order chi connectivity index (χ0) is 19.7. The van der Waals surface area contributed by atoms with E-state index in [9.17, 15) is 18.0 Å². The highest BCUT2D eigenvalue weighted by atomic mass is 32.2. The molecule has 0 radical (unpaired) electrons. The maximum Gasteiger partial charge on any atom is 0.411 e. The van der Waals surface area contributed by atoms with Crippen LogP contribution in [-0.2, 0) is 26.1 Å². The van der Waals surface area contributed by atoms with Crippen LogP contribution in [0.1, 0.15) is 12.0 Å². The van der Waals surface area contributed by atoms with Crippen molar-refractivity contribution in [3.8, 4) is 0 Å². The molecule has 0 aliphatic carbocycles. The lowest BCUT2D eigenvalue weighted by atomic mass is 10.2. The lowest BCUT2D eigenvalue weighted by Crippen LogP contribution is -2.30. The molecule has 0 aliphatic rings. The maximum atomic E-state index is 12.0. The zero-order valence-electron chi connectivity index (χ0n) is 14.8. The van der Waals surface area contributed by atoms with Crippen molar-refractivity contribution in [3.63, 3.8) is 0 Å². The van der Waals surface area contributed by atoms with Crippen LogP contribution < -0.4 is 15.4 Å². The van der Waals surface area contributed by atoms with Crippen molar-refractivity contribution in [2.24, 2.45) is 0 Å². The van der Waals surface area contributed by atoms with Gasteiger partial charge in [0.1, 0.15) is 0 Å². The molecule has 27 heavy (non-hydrogen) atoms. The third-order valence-electron chi connectivity index (χ3n) is 3.57. The average molecular weight is 391 g/mol. The number of hydrogen-bond donors (Lipinski definition) is 3. The Morgan fingerprint density at radius 3 is 2.30 bits per heavy atom. The van der Waals surface area contributed by atoms with Crippen molar-refractivity contribution < 1.29 is 22.7 Å². The van der Waals surface area contributed by atoms with Gasteiger partial charge in [-0.15, -0.1) is 0 Å². The largest absolute Gasteiger partial charge is 0.453 e. The molecule has 144 valence electrons. The van der Waals surface area contributed by atoms with Crippen molar-refractivity contribution in [3.05, 3.63) is 60.2 Å². The van der Waals surface area contributed by atoms with E-state index in [1.54, 1.807) is 42.5 Å². The number of benzene rings is 2. The average Bonchev–Trinajstić information content (AvgIpc) is 2.68. The van der Waals surface area contributed by atoms with Gasteiger partial charge in [-0.3, -0.25) is 10.1 Å². The minimum absolute atomic E-state index is 0.00501. The standard InChI is InChI=1S/C18H21N3O5S/c1-26-18(23)21-15-9-7-14(8-10-15)13-19-17(22)11-12-20-27(24,25)16-5-3-2-4-6-16/h2-10,20H,11-13H2,1H3,(H,19,22)(H,21,23). The number of ether oxygens (including phenoxy) is 1. The number of nitrogens with one attached hydrogen (secondary N) is 3. The summed E-state index contributed by atoms with van der Waals surface area (Å²) in [4.78, 5) is 23.1. The van der Waals surface area contributed by atoms with Crippen LogP contribution >= 0.6 is 0 Å². The molecule has 0 bridgehead atoms. The molecule has 0 spiro atoms. The molecule has 2 aromatic carbocycles. The predicted molar refractivity (Wildman–Crippen MR) is 101 cm³/mol. The summed E-state index contributed by atoms with van der Waals surface area (Å²) >= 11 is 0. The van der Waals surface area contributed by atoms with Crippen LogP contribution in [0.4, 0.5) is 10.5 Å². The van der Waals surface area contributed by atoms with Crippen LogP contribution in [0.2, 0.25) is 0 Å². The van der Waals surface area contributed by atoms with E-state index in [2.05, 4.69) is 20.1 Å². The van der Waals surface area contributed by atoms with Crippen LogP contribution in [0.15, 0.2) is 59.5 Å². The minimum atomic E-state index is -3.61. The van der Waals surface area contributed by atoms with Gasteiger partial charge in [0.15, 0.2) is 0 Å². The van der Waals surface area contributed by atoms with Crippen LogP contribution in [0, 0.1) is 0 Å². The van der Waals surface area contributed by atoms with Crippen molar-refractivity contribution in [2.75, 3.05) is 19.0 Å². The van der Waals surface area contributed by atoms with Gasteiger partial charge in [-0.1, -0.05) is 30.3 Å². The molecule has 0 unspecified atom stereocenters. The Kier molecular flexibility index (Phi) is 7.33. The molecule has 9 heteroatoms. The van der Waals surface area contributed by atoms with Gasteiger partial charge in [-0.05, 0) is 29.8 Å². The summed E-state index contributed by atoms with van der Waals surface area (Å²) in [6.45, 7) is 0.299. The van der Waals surface area contributed by atoms with Crippen LogP contribution in [0.5, 0.6) is 0 Å². The van der Waals surface area contributed by atoms with Crippen LogP contribution in [-0.4, -0.2) is 34.1 Å². The van der Waals surface area contributed by atoms with Gasteiger partial charge in [0, 0.05) is 25.2 Å². The summed E-state index contributed by atoms with van der Waals surface area (Å²) in [5.74, 6) is -0.275. The van der Waals surface area contributed by atoms with Crippen molar-refractivity contribution in [1.29, 1.82) is 0 Å². The number of methoxy groups -OCH3 is 1. The molecule has 0 fully saturated rings. The Balaban J connectivity index is 1.74. The third kappa shape index (κ3) is 6.72. The van der Waals surface area contributed by atoms with Crippen LogP contribution in [0.25, 0.3) is 0 Å². The third-order valence-corrected chi connectivity index (χ3v) is 5.05. The Morgan fingerprint density at radius 2 is 1.67 bits per heavy atom. The van der Waals surface area contributed by atoms with Crippen molar-refractivity contribution >= 4 is 27.7 Å². The highest BCUT2D eigenvalue weighted by Gasteiger charge is 2.13. The number of anilines is 1. The molecule has 2 rings (SSSR count). The van der Waals surface area contributed by atoms with Gasteiger partial charge in [-0.25, -0.2) is 17.9 Å². The number of carbonyl (C=O) groups is 2. The fraction of sp³-hybridized carbons (Fsp3) is 0.222. The predicted octanol–water partition coefficient (Wildman–Crippen LogP) is 1.85. The Morgan fingerprint density at radius 1 is 1.00 bits per heavy atom. The second-order valence-corrected chi connectivity index (χ2v) is 7.32. The molecular weight excluding hydrogens is 370 g/mol. The van der Waals surface area contributed by atoms with Gasteiger partial charge >= 0.3 is 6.09 Å². The lowest BCUT2D eigenvalue weighted by molar-refractivity contribution is -0.121. The highest BCUT2D eigenvalue weighted by Crippen LogP contribution is 2.10. The van der Waals surface area contributed by atoms with E-state index in [-0.39, 0.29) is 23.8 Å². The van der Waals surface area contributed by atoms with E-state index in [4.69, 9.17) is 0 Å². The first kappa shape index (κ1) is 20.4. The summed E-state index contributed by atoms with van der Waals surface area (Å²) < 4.78 is 31.0. The summed E-state index contributed by atoms with van der Waals surface area (Å²) in [7, 11) is -2.34. The molecule has 8 nitrogen and oxygen atoms in total. The number of rotatable bonds is 8. The zero-order valence-corrected chi connectivity index (χ0v) is 15.6. The van der Waals surface area contributed by atoms with Gasteiger partial charge in [0.05, 0.1) is 12.0 Å². The first-order chi connectivity index (χ1) is 12.9. The monoisotopic (exact) mass is 391 g/mol. The van der Waals surface area contributed by atoms with Gasteiger partial charge in [-0.2, -0.15) is 0 Å². The van der Waals surface area contributed by atoms with Gasteiger partial charge in [0.25, 0.3) is 0 Å². The topological polar surface area (TPSA) is 114 Å². The fourth-order valence-corrected chi connectivity index (χ4v) is 3.20. The van der Waals surface area contributed by atoms with Gasteiger partial charge in [0.2, 0.25) is 15.9 Å². The minimum Gasteiger partial charge on any atom is -0.453 e. The van der Waals surface area contributed by atoms with E-state index in [1.807, 2.05) is 0 Å². The highest BCUT2D eigenvalue weighted by molar-refractivity contribution is 7.89. The first-order valence-electron chi connectivity index (χ1n) is 8.16. The molecule has 0 aromatic heterocycles. The normalized spacial score (nSPS) is 10.9. The van der Waals surface area contributed by atoms with Crippen LogP contribution in [0.3, 0.4) is 0 Å². The molecule has 2 amide bonds. The molecule has 0 heterocycles. The molecule has 0 saturated heterocycles. The Labute approximate surface area is 158 Å². The smallest absolute Gasteiger partial charge is 0.411 e. The lowest BCUT2D eigenvalue weighted by Gasteiger charge is -2.08. The number of carbonyl (C=O) groups excluding carboxylic acids is 2. The Bertz CT molecular complexity index is 868. The molecule has 3 N–H and O–H groups in total. The number of sulfonamides is 1. The van der Waals surface area contributed by atoms with Crippen molar-refractivity contribution in [1.82, 2.24) is 10.0 Å². The number of hydrogen-bond acceptors (Lipinski definition) is 5. The number of amides is 2. The first-order valence-corrected chi connectivity index (χ1v) is 9.64. The molecule has 0 saturated carbocycles. The fourth-order valence-electron chi connectivity index (χ4n) is 2.15. The van der Waals surface area contributed by atoms with E-state index in [0.29, 0.717) is 12.2 Å². The molecular formula is C18H21N3O5S. The molecule has 0 atom stereocenters. The maximum absolute atomic E-state index is 12.0. The molecule has 2 aromatic rings. The van der Waals surface area contributed by atoms with E-state index in [0.717, 1.165) is 5.56 Å². The quantitative estimate of drug-likeness (QED) is 0.635. The Hall–Kier alpha value is -2.91. The van der Waals surface area contributed by atoms with E-state index >= 15 is 0 Å². The summed E-state index contributed by atoms with van der Waals surface area (Å²) in [6.07, 6.45) is -0.539. The van der Waals surface area contributed by atoms with E-state index < -0.39 is 16.1 Å². The summed E-state index contributed by atoms with van der Waals surface area (Å²) in [6, 6.07) is 14.8. The molecule has 0 aliphatic heterocycles. The van der Waals surface area contributed by atoms with Crippen molar-refractivity contribution in [2.45, 2.75) is 17.9 Å². The van der Waals surface area contributed by atoms with E-state index in [1.165, 1.54) is 19.2 Å². The second kappa shape index (κ2) is 9.70. The summed E-state index contributed by atoms with van der Waals surface area (Å²) in [5, 5.41) is 5.24. The van der Waals surface area contributed by atoms with Gasteiger partial charge < -0.3 is 10.1 Å². The second-order valence-electron chi connectivity index (χ2n) is 5.55. The summed E-state index contributed by atoms with van der Waals surface area (Å²) in [5.41, 5.74) is 1.41. The SMILES string of the molecule is COC(=O)Nc1ccc(CNC(=O)CCNS(=O)(=O)c2ccccc2)cc1.